The van der Waals surface area contributed by atoms with Gasteiger partial charge in [0.1, 0.15) is 0 Å². The quantitative estimate of drug-likeness (QED) is 0.512. The number of fused-ring (bicyclic) bond motifs is 1. The molecule has 0 bridgehead atoms. The van der Waals surface area contributed by atoms with E-state index in [9.17, 15) is 9.59 Å². The lowest BCUT2D eigenvalue weighted by molar-refractivity contribution is 0.102. The van der Waals surface area contributed by atoms with Crippen molar-refractivity contribution in [3.8, 4) is 11.1 Å². The number of aromatic amines is 1. The van der Waals surface area contributed by atoms with Crippen molar-refractivity contribution in [2.75, 3.05) is 36.5 Å². The maximum absolute atomic E-state index is 12.7. The molecule has 6 nitrogen and oxygen atoms in total. The third kappa shape index (κ3) is 4.00. The number of aromatic nitrogens is 1. The number of amides is 1. The molecule has 3 aromatic carbocycles. The molecule has 0 unspecified atom stereocenters. The van der Waals surface area contributed by atoms with Gasteiger partial charge in [0.2, 0.25) is 0 Å². The van der Waals surface area contributed by atoms with E-state index < -0.39 is 0 Å². The van der Waals surface area contributed by atoms with Crippen molar-refractivity contribution in [1.82, 2.24) is 4.98 Å². The van der Waals surface area contributed by atoms with Gasteiger partial charge in [-0.2, -0.15) is 0 Å². The third-order valence-electron chi connectivity index (χ3n) is 5.75. The van der Waals surface area contributed by atoms with Crippen LogP contribution in [0, 0.1) is 0 Å². The van der Waals surface area contributed by atoms with Gasteiger partial charge in [-0.15, -0.1) is 0 Å². The third-order valence-corrected chi connectivity index (χ3v) is 5.75. The van der Waals surface area contributed by atoms with Crippen LogP contribution in [0.4, 0.5) is 11.4 Å². The number of hydrogen-bond donors (Lipinski definition) is 2. The molecule has 0 saturated carbocycles. The number of morpholine rings is 1. The van der Waals surface area contributed by atoms with Crippen molar-refractivity contribution in [2.45, 2.75) is 0 Å². The van der Waals surface area contributed by atoms with Gasteiger partial charge < -0.3 is 19.9 Å². The van der Waals surface area contributed by atoms with E-state index in [2.05, 4.69) is 15.2 Å². The first-order valence-electron chi connectivity index (χ1n) is 10.6. The SMILES string of the molecule is O=C(Nc1ccc(-c2c(=O)[nH]cc3ccccc23)cc1)c1ccc(N2CCOCC2)cc1. The van der Waals surface area contributed by atoms with Gasteiger partial charge in [-0.1, -0.05) is 36.4 Å². The number of nitrogens with zero attached hydrogens (tertiary/aromatic N) is 1. The Hall–Kier alpha value is -3.90. The highest BCUT2D eigenvalue weighted by Gasteiger charge is 2.13. The van der Waals surface area contributed by atoms with E-state index in [1.54, 1.807) is 6.20 Å². The monoisotopic (exact) mass is 425 g/mol. The van der Waals surface area contributed by atoms with Crippen LogP contribution in [0.5, 0.6) is 0 Å². The number of benzene rings is 3. The zero-order chi connectivity index (χ0) is 21.9. The Morgan fingerprint density at radius 1 is 0.906 bits per heavy atom. The van der Waals surface area contributed by atoms with Gasteiger partial charge in [0.05, 0.1) is 18.8 Å². The van der Waals surface area contributed by atoms with Gasteiger partial charge in [-0.05, 0) is 52.7 Å². The van der Waals surface area contributed by atoms with Crippen LogP contribution < -0.4 is 15.8 Å². The molecule has 2 N–H and O–H groups in total. The average molecular weight is 425 g/mol. The molecule has 1 saturated heterocycles. The van der Waals surface area contributed by atoms with Gasteiger partial charge in [-0.25, -0.2) is 0 Å². The minimum Gasteiger partial charge on any atom is -0.378 e. The Bertz CT molecular complexity index is 1300. The van der Waals surface area contributed by atoms with E-state index in [0.29, 0.717) is 16.8 Å². The second kappa shape index (κ2) is 8.69. The second-order valence-corrected chi connectivity index (χ2v) is 7.76. The van der Waals surface area contributed by atoms with Gasteiger partial charge >= 0.3 is 0 Å². The maximum Gasteiger partial charge on any atom is 0.256 e. The highest BCUT2D eigenvalue weighted by Crippen LogP contribution is 2.26. The number of ether oxygens (including phenoxy) is 1. The fourth-order valence-electron chi connectivity index (χ4n) is 4.04. The predicted octanol–water partition coefficient (Wildman–Crippen LogP) is 4.28. The van der Waals surface area contributed by atoms with Gasteiger partial charge in [-0.3, -0.25) is 9.59 Å². The van der Waals surface area contributed by atoms with Gasteiger partial charge in [0, 0.05) is 36.2 Å². The molecule has 2 heterocycles. The summed E-state index contributed by atoms with van der Waals surface area (Å²) in [4.78, 5) is 30.2. The molecule has 32 heavy (non-hydrogen) atoms. The van der Waals surface area contributed by atoms with Crippen LogP contribution in [0.2, 0.25) is 0 Å². The average Bonchev–Trinajstić information content (AvgIpc) is 2.85. The molecule has 1 aliphatic rings. The van der Waals surface area contributed by atoms with E-state index in [1.807, 2.05) is 72.8 Å². The molecule has 1 aliphatic heterocycles. The van der Waals surface area contributed by atoms with E-state index in [0.717, 1.165) is 48.3 Å². The van der Waals surface area contributed by atoms with Crippen LogP contribution in [0.1, 0.15) is 10.4 Å². The number of pyridine rings is 1. The summed E-state index contributed by atoms with van der Waals surface area (Å²) in [5.74, 6) is -0.172. The zero-order valence-electron chi connectivity index (χ0n) is 17.5. The van der Waals surface area contributed by atoms with Crippen LogP contribution in [0.3, 0.4) is 0 Å². The van der Waals surface area contributed by atoms with Crippen molar-refractivity contribution in [1.29, 1.82) is 0 Å². The molecule has 1 aromatic heterocycles. The molecule has 160 valence electrons. The summed E-state index contributed by atoms with van der Waals surface area (Å²) in [6.45, 7) is 3.17. The van der Waals surface area contributed by atoms with Crippen LogP contribution >= 0.6 is 0 Å². The predicted molar refractivity (Wildman–Crippen MR) is 127 cm³/mol. The molecule has 0 aliphatic carbocycles. The Morgan fingerprint density at radius 3 is 2.38 bits per heavy atom. The number of rotatable bonds is 4. The molecular weight excluding hydrogens is 402 g/mol. The molecule has 6 heteroatoms. The summed E-state index contributed by atoms with van der Waals surface area (Å²) >= 11 is 0. The van der Waals surface area contributed by atoms with Crippen molar-refractivity contribution in [3.05, 3.63) is 94.9 Å². The van der Waals surface area contributed by atoms with Crippen molar-refractivity contribution >= 4 is 28.1 Å². The van der Waals surface area contributed by atoms with Gasteiger partial charge in [0.15, 0.2) is 0 Å². The Morgan fingerprint density at radius 2 is 1.62 bits per heavy atom. The van der Waals surface area contributed by atoms with Crippen LogP contribution in [0.15, 0.2) is 83.8 Å². The molecule has 0 spiro atoms. The first kappa shape index (κ1) is 20.0. The standard InChI is InChI=1S/C26H23N3O3/c30-25(19-7-11-22(12-8-19)29-13-15-32-16-14-29)28-21-9-5-18(6-10-21)24-23-4-2-1-3-20(23)17-27-26(24)31/h1-12,17H,13-16H2,(H,27,31)(H,28,30). The topological polar surface area (TPSA) is 74.4 Å². The van der Waals surface area contributed by atoms with Crippen LogP contribution in [-0.2, 0) is 4.74 Å². The summed E-state index contributed by atoms with van der Waals surface area (Å²) in [5, 5.41) is 4.80. The lowest BCUT2D eigenvalue weighted by atomic mass is 10.0. The maximum atomic E-state index is 12.7. The summed E-state index contributed by atoms with van der Waals surface area (Å²) in [6, 6.07) is 22.7. The number of carbonyl (C=O) groups is 1. The normalized spacial score (nSPS) is 13.8. The van der Waals surface area contributed by atoms with E-state index in [-0.39, 0.29) is 11.5 Å². The molecular formula is C26H23N3O3. The highest BCUT2D eigenvalue weighted by atomic mass is 16.5. The van der Waals surface area contributed by atoms with Crippen molar-refractivity contribution in [3.63, 3.8) is 0 Å². The fraction of sp³-hybridized carbons (Fsp3) is 0.154. The molecule has 1 amide bonds. The summed E-state index contributed by atoms with van der Waals surface area (Å²) in [5.41, 5.74) is 3.65. The molecule has 4 aromatic rings. The molecule has 1 fully saturated rings. The Balaban J connectivity index is 1.33. The van der Waals surface area contributed by atoms with Crippen molar-refractivity contribution < 1.29 is 9.53 Å². The summed E-state index contributed by atoms with van der Waals surface area (Å²) in [6.07, 6.45) is 1.72. The first-order valence-corrected chi connectivity index (χ1v) is 10.6. The first-order chi connectivity index (χ1) is 15.7. The lowest BCUT2D eigenvalue weighted by Gasteiger charge is -2.28. The molecule has 5 rings (SSSR count). The van der Waals surface area contributed by atoms with Crippen LogP contribution in [-0.4, -0.2) is 37.2 Å². The molecule has 0 radical (unpaired) electrons. The number of anilines is 2. The van der Waals surface area contributed by atoms with E-state index in [1.165, 1.54) is 0 Å². The summed E-state index contributed by atoms with van der Waals surface area (Å²) in [7, 11) is 0. The number of hydrogen-bond acceptors (Lipinski definition) is 4. The van der Waals surface area contributed by atoms with Crippen molar-refractivity contribution in [2.24, 2.45) is 0 Å². The summed E-state index contributed by atoms with van der Waals surface area (Å²) < 4.78 is 5.39. The zero-order valence-corrected chi connectivity index (χ0v) is 17.5. The second-order valence-electron chi connectivity index (χ2n) is 7.76. The lowest BCUT2D eigenvalue weighted by Crippen LogP contribution is -2.36. The van der Waals surface area contributed by atoms with Crippen LogP contribution in [0.25, 0.3) is 21.9 Å². The number of H-pyrrole nitrogens is 1. The molecule has 0 atom stereocenters. The minimum atomic E-state index is -0.172. The van der Waals surface area contributed by atoms with E-state index >= 15 is 0 Å². The smallest absolute Gasteiger partial charge is 0.256 e. The Labute approximate surface area is 185 Å². The fourth-order valence-corrected chi connectivity index (χ4v) is 4.04. The largest absolute Gasteiger partial charge is 0.378 e. The number of carbonyl (C=O) groups excluding carboxylic acids is 1. The van der Waals surface area contributed by atoms with Gasteiger partial charge in [0.25, 0.3) is 11.5 Å². The minimum absolute atomic E-state index is 0.138. The highest BCUT2D eigenvalue weighted by molar-refractivity contribution is 6.04. The van der Waals surface area contributed by atoms with E-state index in [4.69, 9.17) is 4.74 Å². The Kier molecular flexibility index (Phi) is 5.44. The number of nitrogens with one attached hydrogen (secondary N) is 2.